The van der Waals surface area contributed by atoms with Gasteiger partial charge in [-0.25, -0.2) is 0 Å². The lowest BCUT2D eigenvalue weighted by atomic mass is 10.2. The van der Waals surface area contributed by atoms with Crippen LogP contribution in [0, 0.1) is 0 Å². The Morgan fingerprint density at radius 2 is 2.38 bits per heavy atom. The Morgan fingerprint density at radius 3 is 2.92 bits per heavy atom. The molecule has 1 aliphatic heterocycles. The molecule has 0 aromatic carbocycles. The molecular weight excluding hydrogens is 174 g/mol. The van der Waals surface area contributed by atoms with Crippen molar-refractivity contribution in [1.29, 1.82) is 0 Å². The summed E-state index contributed by atoms with van der Waals surface area (Å²) in [7, 11) is 0. The Kier molecular flexibility index (Phi) is 3.66. The number of morpholine rings is 1. The molecule has 1 rings (SSSR count). The number of hydrogen-bond donors (Lipinski definition) is 3. The number of primary amides is 1. The summed E-state index contributed by atoms with van der Waals surface area (Å²) in [5.74, 6) is -0.802. The SMILES string of the molecule is NC(=O)CNC(=O)[C@H]1COCCN1. The molecule has 0 aromatic rings. The first kappa shape index (κ1) is 9.94. The van der Waals surface area contributed by atoms with Crippen LogP contribution in [-0.4, -0.2) is 44.2 Å². The van der Waals surface area contributed by atoms with Crippen LogP contribution in [0.1, 0.15) is 0 Å². The maximum atomic E-state index is 11.2. The summed E-state index contributed by atoms with van der Waals surface area (Å²) in [6, 6.07) is -0.368. The fraction of sp³-hybridized carbons (Fsp3) is 0.714. The molecule has 13 heavy (non-hydrogen) atoms. The molecule has 74 valence electrons. The van der Waals surface area contributed by atoms with E-state index in [4.69, 9.17) is 10.5 Å². The van der Waals surface area contributed by atoms with E-state index in [0.29, 0.717) is 19.8 Å². The highest BCUT2D eigenvalue weighted by Gasteiger charge is 2.20. The van der Waals surface area contributed by atoms with Gasteiger partial charge in [-0.05, 0) is 0 Å². The highest BCUT2D eigenvalue weighted by molar-refractivity contribution is 5.86. The number of amides is 2. The van der Waals surface area contributed by atoms with E-state index in [2.05, 4.69) is 10.6 Å². The summed E-state index contributed by atoms with van der Waals surface area (Å²) in [6.07, 6.45) is 0. The van der Waals surface area contributed by atoms with Gasteiger partial charge >= 0.3 is 0 Å². The van der Waals surface area contributed by atoms with Crippen molar-refractivity contribution in [2.24, 2.45) is 5.73 Å². The van der Waals surface area contributed by atoms with Crippen molar-refractivity contribution in [3.05, 3.63) is 0 Å². The van der Waals surface area contributed by atoms with Crippen molar-refractivity contribution < 1.29 is 14.3 Å². The summed E-state index contributed by atoms with van der Waals surface area (Å²) >= 11 is 0. The van der Waals surface area contributed by atoms with E-state index < -0.39 is 5.91 Å². The Labute approximate surface area is 75.8 Å². The monoisotopic (exact) mass is 187 g/mol. The normalized spacial score (nSPS) is 22.3. The van der Waals surface area contributed by atoms with Gasteiger partial charge in [0.1, 0.15) is 6.04 Å². The topological polar surface area (TPSA) is 93.5 Å². The molecule has 1 atom stereocenters. The van der Waals surface area contributed by atoms with E-state index in [1.54, 1.807) is 0 Å². The zero-order chi connectivity index (χ0) is 9.68. The predicted octanol–water partition coefficient (Wildman–Crippen LogP) is -2.42. The van der Waals surface area contributed by atoms with Gasteiger partial charge in [0.25, 0.3) is 0 Å². The third-order valence-electron chi connectivity index (χ3n) is 1.67. The van der Waals surface area contributed by atoms with Gasteiger partial charge in [-0.1, -0.05) is 0 Å². The molecule has 0 radical (unpaired) electrons. The minimum Gasteiger partial charge on any atom is -0.378 e. The van der Waals surface area contributed by atoms with Crippen molar-refractivity contribution in [2.45, 2.75) is 6.04 Å². The number of ether oxygens (including phenoxy) is 1. The van der Waals surface area contributed by atoms with Gasteiger partial charge in [0.15, 0.2) is 0 Å². The third kappa shape index (κ3) is 3.39. The molecule has 2 amide bonds. The van der Waals surface area contributed by atoms with Crippen molar-refractivity contribution in [1.82, 2.24) is 10.6 Å². The first-order chi connectivity index (χ1) is 6.20. The Morgan fingerprint density at radius 1 is 1.62 bits per heavy atom. The van der Waals surface area contributed by atoms with Crippen LogP contribution in [0.15, 0.2) is 0 Å². The molecule has 0 saturated carbocycles. The molecule has 1 fully saturated rings. The van der Waals surface area contributed by atoms with E-state index in [0.717, 1.165) is 0 Å². The lowest BCUT2D eigenvalue weighted by Crippen LogP contribution is -2.52. The second-order valence-corrected chi connectivity index (χ2v) is 2.77. The first-order valence-corrected chi connectivity index (χ1v) is 4.07. The average Bonchev–Trinajstić information content (AvgIpc) is 2.15. The van der Waals surface area contributed by atoms with E-state index in [-0.39, 0.29) is 18.5 Å². The van der Waals surface area contributed by atoms with Crippen molar-refractivity contribution >= 4 is 11.8 Å². The number of rotatable bonds is 3. The second kappa shape index (κ2) is 4.78. The molecule has 1 saturated heterocycles. The third-order valence-corrected chi connectivity index (χ3v) is 1.67. The second-order valence-electron chi connectivity index (χ2n) is 2.77. The summed E-state index contributed by atoms with van der Waals surface area (Å²) in [5.41, 5.74) is 4.86. The lowest BCUT2D eigenvalue weighted by Gasteiger charge is -2.22. The minimum absolute atomic E-state index is 0.128. The maximum absolute atomic E-state index is 11.2. The lowest BCUT2D eigenvalue weighted by molar-refractivity contribution is -0.128. The number of hydrogen-bond acceptors (Lipinski definition) is 4. The van der Waals surface area contributed by atoms with Crippen LogP contribution in [-0.2, 0) is 14.3 Å². The smallest absolute Gasteiger partial charge is 0.239 e. The summed E-state index contributed by atoms with van der Waals surface area (Å²) in [6.45, 7) is 1.47. The van der Waals surface area contributed by atoms with E-state index in [1.807, 2.05) is 0 Å². The Balaban J connectivity index is 2.25. The van der Waals surface area contributed by atoms with Gasteiger partial charge in [0.05, 0.1) is 19.8 Å². The van der Waals surface area contributed by atoms with Crippen LogP contribution >= 0.6 is 0 Å². The molecule has 0 bridgehead atoms. The average molecular weight is 187 g/mol. The van der Waals surface area contributed by atoms with Gasteiger partial charge < -0.3 is 21.1 Å². The number of carbonyl (C=O) groups excluding carboxylic acids is 2. The van der Waals surface area contributed by atoms with Gasteiger partial charge in [0.2, 0.25) is 11.8 Å². The summed E-state index contributed by atoms with van der Waals surface area (Å²) in [5, 5.41) is 5.35. The number of nitrogens with two attached hydrogens (primary N) is 1. The fourth-order valence-corrected chi connectivity index (χ4v) is 1.03. The number of carbonyl (C=O) groups is 2. The highest BCUT2D eigenvalue weighted by atomic mass is 16.5. The van der Waals surface area contributed by atoms with Crippen LogP contribution < -0.4 is 16.4 Å². The molecule has 1 heterocycles. The van der Waals surface area contributed by atoms with Gasteiger partial charge in [-0.2, -0.15) is 0 Å². The zero-order valence-electron chi connectivity index (χ0n) is 7.21. The largest absolute Gasteiger partial charge is 0.378 e. The Bertz CT molecular complexity index is 201. The molecular formula is C7H13N3O3. The Hall–Kier alpha value is -1.14. The molecule has 0 spiro atoms. The van der Waals surface area contributed by atoms with Gasteiger partial charge in [0, 0.05) is 6.54 Å². The zero-order valence-corrected chi connectivity index (χ0v) is 7.21. The van der Waals surface area contributed by atoms with Crippen LogP contribution in [0.4, 0.5) is 0 Å². The summed E-state index contributed by atoms with van der Waals surface area (Å²) in [4.78, 5) is 21.6. The molecule has 0 unspecified atom stereocenters. The fourth-order valence-electron chi connectivity index (χ4n) is 1.03. The van der Waals surface area contributed by atoms with Crippen molar-refractivity contribution in [3.63, 3.8) is 0 Å². The van der Waals surface area contributed by atoms with E-state index >= 15 is 0 Å². The van der Waals surface area contributed by atoms with E-state index in [1.165, 1.54) is 0 Å². The first-order valence-electron chi connectivity index (χ1n) is 4.07. The summed E-state index contributed by atoms with van der Waals surface area (Å²) < 4.78 is 5.07. The molecule has 0 aromatic heterocycles. The van der Waals surface area contributed by atoms with Crippen LogP contribution in [0.3, 0.4) is 0 Å². The molecule has 0 aliphatic carbocycles. The minimum atomic E-state index is -0.551. The molecule has 4 N–H and O–H groups in total. The predicted molar refractivity (Wildman–Crippen MR) is 44.8 cm³/mol. The van der Waals surface area contributed by atoms with Gasteiger partial charge in [-0.15, -0.1) is 0 Å². The van der Waals surface area contributed by atoms with Crippen LogP contribution in [0.5, 0.6) is 0 Å². The quantitative estimate of drug-likeness (QED) is 0.458. The molecule has 1 aliphatic rings. The van der Waals surface area contributed by atoms with Crippen molar-refractivity contribution in [2.75, 3.05) is 26.3 Å². The highest BCUT2D eigenvalue weighted by Crippen LogP contribution is 1.92. The van der Waals surface area contributed by atoms with Gasteiger partial charge in [-0.3, -0.25) is 9.59 Å². The van der Waals surface area contributed by atoms with E-state index in [9.17, 15) is 9.59 Å². The van der Waals surface area contributed by atoms with Crippen LogP contribution in [0.2, 0.25) is 0 Å². The maximum Gasteiger partial charge on any atom is 0.239 e. The van der Waals surface area contributed by atoms with Crippen molar-refractivity contribution in [3.8, 4) is 0 Å². The molecule has 6 heteroatoms. The van der Waals surface area contributed by atoms with Crippen LogP contribution in [0.25, 0.3) is 0 Å². The number of nitrogens with one attached hydrogen (secondary N) is 2. The molecule has 6 nitrogen and oxygen atoms in total. The standard InChI is InChI=1S/C7H13N3O3/c8-6(11)3-10-7(12)5-4-13-2-1-9-5/h5,9H,1-4H2,(H2,8,11)(H,10,12)/t5-/m1/s1.